The van der Waals surface area contributed by atoms with Gasteiger partial charge in [-0.15, -0.1) is 0 Å². The van der Waals surface area contributed by atoms with Crippen LogP contribution in [0.2, 0.25) is 0 Å². The van der Waals surface area contributed by atoms with Crippen LogP contribution < -0.4 is 15.0 Å². The van der Waals surface area contributed by atoms with Crippen LogP contribution >= 0.6 is 11.6 Å². The van der Waals surface area contributed by atoms with Crippen molar-refractivity contribution in [3.8, 4) is 5.75 Å². The van der Waals surface area contributed by atoms with Crippen LogP contribution in [0.15, 0.2) is 59.3 Å². The third-order valence-corrected chi connectivity index (χ3v) is 4.36. The lowest BCUT2D eigenvalue weighted by Gasteiger charge is -2.18. The van der Waals surface area contributed by atoms with Crippen molar-refractivity contribution in [2.45, 2.75) is 13.3 Å². The van der Waals surface area contributed by atoms with Crippen LogP contribution in [0.4, 0.5) is 11.4 Å². The lowest BCUT2D eigenvalue weighted by molar-refractivity contribution is -0.120. The average Bonchev–Trinajstić information content (AvgIpc) is 2.85. The zero-order chi connectivity index (χ0) is 18.0. The molecular formula is C19H17ClN2O3. The van der Waals surface area contributed by atoms with Gasteiger partial charge in [-0.1, -0.05) is 48.9 Å². The van der Waals surface area contributed by atoms with Crippen molar-refractivity contribution in [3.63, 3.8) is 0 Å². The van der Waals surface area contributed by atoms with Crippen molar-refractivity contribution in [1.82, 2.24) is 0 Å². The van der Waals surface area contributed by atoms with E-state index in [0.717, 1.165) is 10.5 Å². The molecule has 0 fully saturated rings. The van der Waals surface area contributed by atoms with E-state index in [0.29, 0.717) is 23.5 Å². The number of carbonyl (C=O) groups is 2. The first-order valence-corrected chi connectivity index (χ1v) is 8.22. The minimum absolute atomic E-state index is 0.0436. The van der Waals surface area contributed by atoms with Gasteiger partial charge in [0.25, 0.3) is 11.8 Å². The SMILES string of the molecule is CCc1ccccc1N1C(=O)C(Cl)=C(Nc2ccccc2OC)C1=O. The normalized spacial score (nSPS) is 14.3. The Morgan fingerprint density at radius 1 is 1.04 bits per heavy atom. The number of halogens is 1. The number of amides is 2. The molecule has 0 unspecified atom stereocenters. The average molecular weight is 357 g/mol. The molecule has 1 heterocycles. The third-order valence-electron chi connectivity index (χ3n) is 4.01. The van der Waals surface area contributed by atoms with Gasteiger partial charge >= 0.3 is 0 Å². The summed E-state index contributed by atoms with van der Waals surface area (Å²) in [5.41, 5.74) is 2.05. The van der Waals surface area contributed by atoms with Gasteiger partial charge in [-0.2, -0.15) is 0 Å². The molecule has 2 aromatic carbocycles. The number of nitrogens with one attached hydrogen (secondary N) is 1. The highest BCUT2D eigenvalue weighted by molar-refractivity contribution is 6.53. The Labute approximate surface area is 150 Å². The first-order valence-electron chi connectivity index (χ1n) is 7.85. The predicted octanol–water partition coefficient (Wildman–Crippen LogP) is 3.69. The molecule has 0 saturated carbocycles. The van der Waals surface area contributed by atoms with Gasteiger partial charge in [0.15, 0.2) is 0 Å². The van der Waals surface area contributed by atoms with E-state index in [1.54, 1.807) is 30.3 Å². The van der Waals surface area contributed by atoms with E-state index in [1.807, 2.05) is 25.1 Å². The van der Waals surface area contributed by atoms with Crippen LogP contribution in [-0.2, 0) is 16.0 Å². The van der Waals surface area contributed by atoms with Crippen LogP contribution in [-0.4, -0.2) is 18.9 Å². The van der Waals surface area contributed by atoms with Gasteiger partial charge in [-0.3, -0.25) is 9.59 Å². The number of anilines is 2. The van der Waals surface area contributed by atoms with E-state index < -0.39 is 11.8 Å². The van der Waals surface area contributed by atoms with Crippen molar-refractivity contribution in [3.05, 3.63) is 64.8 Å². The zero-order valence-corrected chi connectivity index (χ0v) is 14.6. The van der Waals surface area contributed by atoms with E-state index in [-0.39, 0.29) is 10.7 Å². The molecule has 6 heteroatoms. The van der Waals surface area contributed by atoms with Gasteiger partial charge in [0.2, 0.25) is 0 Å². The molecule has 0 aliphatic carbocycles. The maximum atomic E-state index is 12.9. The number of rotatable bonds is 5. The topological polar surface area (TPSA) is 58.6 Å². The van der Waals surface area contributed by atoms with Crippen LogP contribution in [0, 0.1) is 0 Å². The first kappa shape index (κ1) is 17.0. The summed E-state index contributed by atoms with van der Waals surface area (Å²) in [4.78, 5) is 26.6. The number of methoxy groups -OCH3 is 1. The second-order valence-corrected chi connectivity index (χ2v) is 5.82. The smallest absolute Gasteiger partial charge is 0.283 e. The minimum Gasteiger partial charge on any atom is -0.495 e. The number of hydrogen-bond donors (Lipinski definition) is 1. The van der Waals surface area contributed by atoms with Crippen LogP contribution in [0.3, 0.4) is 0 Å². The summed E-state index contributed by atoms with van der Waals surface area (Å²) in [6, 6.07) is 14.4. The number of aryl methyl sites for hydroxylation is 1. The van der Waals surface area contributed by atoms with Crippen LogP contribution in [0.1, 0.15) is 12.5 Å². The highest BCUT2D eigenvalue weighted by Crippen LogP contribution is 2.34. The summed E-state index contributed by atoms with van der Waals surface area (Å²) in [6.45, 7) is 1.97. The summed E-state index contributed by atoms with van der Waals surface area (Å²) in [5, 5.41) is 2.80. The molecular weight excluding hydrogens is 340 g/mol. The van der Waals surface area contributed by atoms with Crippen molar-refractivity contribution in [2.24, 2.45) is 0 Å². The van der Waals surface area contributed by atoms with Gasteiger partial charge in [-0.25, -0.2) is 4.90 Å². The number of benzene rings is 2. The molecule has 0 atom stereocenters. The fraction of sp³-hybridized carbons (Fsp3) is 0.158. The molecule has 0 radical (unpaired) electrons. The van der Waals surface area contributed by atoms with Crippen molar-refractivity contribution >= 4 is 34.8 Å². The molecule has 0 aromatic heterocycles. The minimum atomic E-state index is -0.537. The molecule has 25 heavy (non-hydrogen) atoms. The van der Waals surface area contributed by atoms with E-state index in [1.165, 1.54) is 7.11 Å². The number of carbonyl (C=O) groups excluding carboxylic acids is 2. The molecule has 5 nitrogen and oxygen atoms in total. The molecule has 1 aliphatic heterocycles. The summed E-state index contributed by atoms with van der Waals surface area (Å²) in [6.07, 6.45) is 0.695. The van der Waals surface area contributed by atoms with Crippen molar-refractivity contribution in [2.75, 3.05) is 17.3 Å². The van der Waals surface area contributed by atoms with Crippen LogP contribution in [0.25, 0.3) is 0 Å². The highest BCUT2D eigenvalue weighted by Gasteiger charge is 2.39. The van der Waals surface area contributed by atoms with E-state index in [9.17, 15) is 9.59 Å². The van der Waals surface area contributed by atoms with Gasteiger partial charge in [0.1, 0.15) is 16.5 Å². The molecule has 2 aromatic rings. The van der Waals surface area contributed by atoms with Gasteiger partial charge < -0.3 is 10.1 Å². The monoisotopic (exact) mass is 356 g/mol. The molecule has 2 amide bonds. The Balaban J connectivity index is 1.97. The zero-order valence-electron chi connectivity index (χ0n) is 13.9. The number of nitrogens with zero attached hydrogens (tertiary/aromatic N) is 1. The molecule has 0 bridgehead atoms. The Morgan fingerprint density at radius 2 is 1.72 bits per heavy atom. The fourth-order valence-electron chi connectivity index (χ4n) is 2.74. The van der Waals surface area contributed by atoms with Gasteiger partial charge in [-0.05, 0) is 30.2 Å². The van der Waals surface area contributed by atoms with Gasteiger partial charge in [0, 0.05) is 0 Å². The third kappa shape index (κ3) is 2.98. The molecule has 0 saturated heterocycles. The maximum absolute atomic E-state index is 12.9. The number of hydrogen-bond acceptors (Lipinski definition) is 4. The predicted molar refractivity (Wildman–Crippen MR) is 97.8 cm³/mol. The fourth-order valence-corrected chi connectivity index (χ4v) is 2.95. The summed E-state index contributed by atoms with van der Waals surface area (Å²) >= 11 is 6.17. The lowest BCUT2D eigenvalue weighted by Crippen LogP contribution is -2.33. The molecule has 128 valence electrons. The summed E-state index contributed by atoms with van der Waals surface area (Å²) < 4.78 is 5.26. The van der Waals surface area contributed by atoms with Crippen molar-refractivity contribution in [1.29, 1.82) is 0 Å². The van der Waals surface area contributed by atoms with E-state index >= 15 is 0 Å². The molecule has 1 N–H and O–H groups in total. The van der Waals surface area contributed by atoms with E-state index in [2.05, 4.69) is 5.32 Å². The van der Waals surface area contributed by atoms with Gasteiger partial charge in [0.05, 0.1) is 18.5 Å². The number of para-hydroxylation sites is 3. The number of ether oxygens (including phenoxy) is 1. The molecule has 0 spiro atoms. The maximum Gasteiger partial charge on any atom is 0.283 e. The summed E-state index contributed by atoms with van der Waals surface area (Å²) in [5.74, 6) is -0.473. The molecule has 3 rings (SSSR count). The van der Waals surface area contributed by atoms with Crippen LogP contribution in [0.5, 0.6) is 5.75 Å². The largest absolute Gasteiger partial charge is 0.495 e. The second-order valence-electron chi connectivity index (χ2n) is 5.44. The summed E-state index contributed by atoms with van der Waals surface area (Å²) in [7, 11) is 1.53. The first-order chi connectivity index (χ1) is 12.1. The van der Waals surface area contributed by atoms with Crippen molar-refractivity contribution < 1.29 is 14.3 Å². The Bertz CT molecular complexity index is 876. The quantitative estimate of drug-likeness (QED) is 0.830. The Kier molecular flexibility index (Phi) is 4.76. The van der Waals surface area contributed by atoms with E-state index in [4.69, 9.17) is 16.3 Å². The number of imide groups is 1. The highest BCUT2D eigenvalue weighted by atomic mass is 35.5. The Morgan fingerprint density at radius 3 is 2.44 bits per heavy atom. The second kappa shape index (κ2) is 6.99. The molecule has 1 aliphatic rings. The lowest BCUT2D eigenvalue weighted by atomic mass is 10.1. The Hall–Kier alpha value is -2.79. The standard InChI is InChI=1S/C19H17ClN2O3/c1-3-12-8-4-6-10-14(12)22-18(23)16(20)17(19(22)24)21-13-9-5-7-11-15(13)25-2/h4-11,21H,3H2,1-2H3.